The molecule has 8 heteroatoms. The van der Waals surface area contributed by atoms with Crippen molar-refractivity contribution in [1.29, 1.82) is 0 Å². The summed E-state index contributed by atoms with van der Waals surface area (Å²) in [6, 6.07) is 15.4. The second kappa shape index (κ2) is 10.1. The van der Waals surface area contributed by atoms with Gasteiger partial charge in [-0.3, -0.25) is 24.2 Å². The Kier molecular flexibility index (Phi) is 6.49. The van der Waals surface area contributed by atoms with Crippen LogP contribution in [0.15, 0.2) is 53.7 Å². The van der Waals surface area contributed by atoms with Gasteiger partial charge >= 0.3 is 0 Å². The van der Waals surface area contributed by atoms with Crippen LogP contribution in [0.25, 0.3) is 22.0 Å². The van der Waals surface area contributed by atoms with E-state index in [9.17, 15) is 9.59 Å². The van der Waals surface area contributed by atoms with Gasteiger partial charge < -0.3 is 9.80 Å². The van der Waals surface area contributed by atoms with Crippen LogP contribution in [0.4, 0.5) is 0 Å². The zero-order valence-electron chi connectivity index (χ0n) is 24.4. The quantitative estimate of drug-likeness (QED) is 0.456. The van der Waals surface area contributed by atoms with Gasteiger partial charge in [0.2, 0.25) is 5.91 Å². The summed E-state index contributed by atoms with van der Waals surface area (Å²) in [6.45, 7) is 8.39. The van der Waals surface area contributed by atoms with Crippen molar-refractivity contribution in [2.75, 3.05) is 32.7 Å². The second-order valence-corrected chi connectivity index (χ2v) is 12.8. The number of fused-ring (bicyclic) bond motifs is 1. The topological polar surface area (TPSA) is 74.0 Å². The summed E-state index contributed by atoms with van der Waals surface area (Å²) in [4.78, 5) is 38.6. The largest absolute Gasteiger partial charge is 0.342 e. The Balaban J connectivity index is 1.16. The summed E-state index contributed by atoms with van der Waals surface area (Å²) in [5.74, 6) is 1.78. The number of hydrogen-bond acceptors (Lipinski definition) is 5. The minimum Gasteiger partial charge on any atom is -0.342 e. The maximum atomic E-state index is 14.2. The van der Waals surface area contributed by atoms with Gasteiger partial charge in [-0.25, -0.2) is 0 Å². The fourth-order valence-corrected chi connectivity index (χ4v) is 6.97. The molecule has 41 heavy (non-hydrogen) atoms. The highest BCUT2D eigenvalue weighted by Crippen LogP contribution is 2.38. The summed E-state index contributed by atoms with van der Waals surface area (Å²) < 4.78 is 1.89. The first-order valence-corrected chi connectivity index (χ1v) is 15.3. The van der Waals surface area contributed by atoms with Gasteiger partial charge in [-0.15, -0.1) is 0 Å². The van der Waals surface area contributed by atoms with Crippen molar-refractivity contribution >= 4 is 28.6 Å². The molecule has 2 saturated heterocycles. The Hall–Kier alpha value is -3.52. The molecule has 3 fully saturated rings. The van der Waals surface area contributed by atoms with Crippen molar-refractivity contribution in [2.45, 2.75) is 57.5 Å². The third-order valence-corrected chi connectivity index (χ3v) is 9.76. The first-order chi connectivity index (χ1) is 19.8. The van der Waals surface area contributed by atoms with Gasteiger partial charge in [0.25, 0.3) is 5.91 Å². The number of nitrogens with zero attached hydrogens (tertiary/aromatic N) is 6. The van der Waals surface area contributed by atoms with Crippen molar-refractivity contribution in [3.63, 3.8) is 0 Å². The number of hydrogen-bond donors (Lipinski definition) is 0. The van der Waals surface area contributed by atoms with Crippen LogP contribution in [0.2, 0.25) is 0 Å². The van der Waals surface area contributed by atoms with E-state index in [-0.39, 0.29) is 17.7 Å². The number of amidine groups is 1. The number of aromatic nitrogens is 2. The Morgan fingerprint density at radius 2 is 1.68 bits per heavy atom. The first kappa shape index (κ1) is 26.4. The lowest BCUT2D eigenvalue weighted by Gasteiger charge is -2.38. The van der Waals surface area contributed by atoms with E-state index in [1.54, 1.807) is 0 Å². The molecule has 0 unspecified atom stereocenters. The van der Waals surface area contributed by atoms with Crippen LogP contribution in [0.1, 0.15) is 51.5 Å². The van der Waals surface area contributed by atoms with Gasteiger partial charge in [0.15, 0.2) is 0 Å². The van der Waals surface area contributed by atoms with E-state index >= 15 is 0 Å². The van der Waals surface area contributed by atoms with E-state index in [2.05, 4.69) is 66.3 Å². The molecule has 1 aromatic heterocycles. The number of likely N-dealkylation sites (tertiary alicyclic amines) is 2. The minimum absolute atomic E-state index is 0.147. The molecule has 2 aromatic carbocycles. The van der Waals surface area contributed by atoms with Crippen LogP contribution >= 0.6 is 0 Å². The molecule has 4 heterocycles. The first-order valence-electron chi connectivity index (χ1n) is 15.3. The lowest BCUT2D eigenvalue weighted by atomic mass is 9.87. The normalized spacial score (nSPS) is 22.9. The average Bonchev–Trinajstić information content (AvgIpc) is 3.55. The monoisotopic (exact) mass is 552 g/mol. The molecular formula is C33H40N6O2. The predicted molar refractivity (Wildman–Crippen MR) is 160 cm³/mol. The van der Waals surface area contributed by atoms with E-state index in [0.29, 0.717) is 18.5 Å². The third kappa shape index (κ3) is 4.76. The number of carbonyl (C=O) groups excluding carboxylic acids is 2. The van der Waals surface area contributed by atoms with Gasteiger partial charge in [0.1, 0.15) is 11.4 Å². The highest BCUT2D eigenvalue weighted by Gasteiger charge is 2.51. The van der Waals surface area contributed by atoms with Crippen molar-refractivity contribution < 1.29 is 9.59 Å². The molecule has 1 atom stereocenters. The lowest BCUT2D eigenvalue weighted by Crippen LogP contribution is -2.52. The number of piperidine rings is 1. The molecule has 0 radical (unpaired) electrons. The molecule has 1 saturated carbocycles. The molecular weight excluding hydrogens is 512 g/mol. The molecule has 3 aromatic rings. The maximum Gasteiger partial charge on any atom is 0.256 e. The van der Waals surface area contributed by atoms with E-state index in [0.717, 1.165) is 91.7 Å². The SMILES string of the molecule is CC(C)N1CCC2(CC1)N=C(c1ccc(-c3ccc4c(cnn4C)c3)cc1)N(C[C@@H]1CCN(C(=O)C3CC3)C1)C2=O. The van der Waals surface area contributed by atoms with E-state index < -0.39 is 5.54 Å². The van der Waals surface area contributed by atoms with Gasteiger partial charge in [0.05, 0.1) is 11.7 Å². The van der Waals surface area contributed by atoms with Crippen LogP contribution in [0.3, 0.4) is 0 Å². The van der Waals surface area contributed by atoms with E-state index in [1.807, 2.05) is 27.7 Å². The maximum absolute atomic E-state index is 14.2. The summed E-state index contributed by atoms with van der Waals surface area (Å²) in [5.41, 5.74) is 3.69. The number of rotatable bonds is 6. The van der Waals surface area contributed by atoms with Crippen molar-refractivity contribution in [1.82, 2.24) is 24.5 Å². The Labute approximate surface area is 242 Å². The molecule has 7 rings (SSSR count). The van der Waals surface area contributed by atoms with Crippen molar-refractivity contribution in [3.8, 4) is 11.1 Å². The molecule has 8 nitrogen and oxygen atoms in total. The smallest absolute Gasteiger partial charge is 0.256 e. The number of aryl methyl sites for hydroxylation is 1. The van der Waals surface area contributed by atoms with Crippen LogP contribution in [-0.2, 0) is 16.6 Å². The minimum atomic E-state index is -0.674. The molecule has 214 valence electrons. The standard InChI is InChI=1S/C33H40N6O2/c1-22(2)37-16-13-33(14-17-37)32(41)39(21-23-12-15-38(20-23)31(40)26-8-9-26)30(35-33)25-6-4-24(5-7-25)27-10-11-29-28(18-27)19-34-36(29)3/h4-7,10-11,18-19,22-23,26H,8-9,12-17,20-21H2,1-3H3/t23-/m1/s1. The lowest BCUT2D eigenvalue weighted by molar-refractivity contribution is -0.133. The third-order valence-electron chi connectivity index (χ3n) is 9.76. The van der Waals surface area contributed by atoms with Crippen molar-refractivity contribution in [3.05, 3.63) is 54.2 Å². The number of benzene rings is 2. The summed E-state index contributed by atoms with van der Waals surface area (Å²) in [5, 5.41) is 5.49. The highest BCUT2D eigenvalue weighted by molar-refractivity contribution is 6.15. The molecule has 3 aliphatic heterocycles. The zero-order chi connectivity index (χ0) is 28.3. The molecule has 4 aliphatic rings. The fourth-order valence-electron chi connectivity index (χ4n) is 6.97. The Bertz CT molecular complexity index is 1510. The second-order valence-electron chi connectivity index (χ2n) is 12.8. The highest BCUT2D eigenvalue weighted by atomic mass is 16.2. The van der Waals surface area contributed by atoms with E-state index in [4.69, 9.17) is 4.99 Å². The van der Waals surface area contributed by atoms with Gasteiger partial charge in [-0.05, 0) is 75.1 Å². The van der Waals surface area contributed by atoms with Crippen molar-refractivity contribution in [2.24, 2.45) is 23.9 Å². The predicted octanol–water partition coefficient (Wildman–Crippen LogP) is 4.33. The molecule has 0 N–H and O–H groups in total. The number of amides is 2. The van der Waals surface area contributed by atoms with Crippen LogP contribution < -0.4 is 0 Å². The number of aliphatic imine (C=N–C) groups is 1. The van der Waals surface area contributed by atoms with Gasteiger partial charge in [0, 0.05) is 62.7 Å². The molecule has 1 spiro atoms. The summed E-state index contributed by atoms with van der Waals surface area (Å²) in [7, 11) is 1.96. The molecule has 2 amide bonds. The fraction of sp³-hybridized carbons (Fsp3) is 0.515. The molecule has 0 bridgehead atoms. The Morgan fingerprint density at radius 1 is 0.976 bits per heavy atom. The average molecular weight is 553 g/mol. The Morgan fingerprint density at radius 3 is 2.39 bits per heavy atom. The van der Waals surface area contributed by atoms with Gasteiger partial charge in [-0.2, -0.15) is 5.10 Å². The zero-order valence-corrected chi connectivity index (χ0v) is 24.4. The molecule has 1 aliphatic carbocycles. The van der Waals surface area contributed by atoms with Gasteiger partial charge in [-0.1, -0.05) is 30.3 Å². The van der Waals surface area contributed by atoms with Crippen LogP contribution in [0.5, 0.6) is 0 Å². The van der Waals surface area contributed by atoms with Crippen LogP contribution in [-0.4, -0.2) is 86.4 Å². The number of carbonyl (C=O) groups is 2. The van der Waals surface area contributed by atoms with Crippen LogP contribution in [0, 0.1) is 11.8 Å². The van der Waals surface area contributed by atoms with E-state index in [1.165, 1.54) is 0 Å². The summed E-state index contributed by atoms with van der Waals surface area (Å²) in [6.07, 6.45) is 6.41. The summed E-state index contributed by atoms with van der Waals surface area (Å²) >= 11 is 0.